The number of aromatic nitrogens is 3. The van der Waals surface area contributed by atoms with Gasteiger partial charge in [0, 0.05) is 10.7 Å². The summed E-state index contributed by atoms with van der Waals surface area (Å²) in [7, 11) is 0. The standard InChI is InChI=1S/C14H12N4O4S/c1-14(7-17-6-11(18(19)20)16-12(17)22-14)8-23-13-15-9-4-2-3-5-10(9)21-13/h2-6H,7-8H2,1H3. The first-order chi connectivity index (χ1) is 11.0. The highest BCUT2D eigenvalue weighted by atomic mass is 32.2. The van der Waals surface area contributed by atoms with Crippen molar-refractivity contribution >= 4 is 28.7 Å². The number of rotatable bonds is 4. The molecule has 1 unspecified atom stereocenters. The van der Waals surface area contributed by atoms with Crippen LogP contribution in [-0.4, -0.2) is 30.8 Å². The van der Waals surface area contributed by atoms with E-state index >= 15 is 0 Å². The van der Waals surface area contributed by atoms with Crippen LogP contribution in [0.1, 0.15) is 6.92 Å². The molecule has 0 bridgehead atoms. The maximum absolute atomic E-state index is 10.7. The lowest BCUT2D eigenvalue weighted by Crippen LogP contribution is -2.34. The first-order valence-corrected chi connectivity index (χ1v) is 7.90. The molecule has 0 fully saturated rings. The van der Waals surface area contributed by atoms with Crippen molar-refractivity contribution in [3.63, 3.8) is 0 Å². The monoisotopic (exact) mass is 332 g/mol. The van der Waals surface area contributed by atoms with Gasteiger partial charge in [0.05, 0.1) is 6.54 Å². The Morgan fingerprint density at radius 2 is 2.26 bits per heavy atom. The van der Waals surface area contributed by atoms with Gasteiger partial charge in [-0.15, -0.1) is 0 Å². The Morgan fingerprint density at radius 1 is 1.43 bits per heavy atom. The first-order valence-electron chi connectivity index (χ1n) is 6.91. The van der Waals surface area contributed by atoms with E-state index in [9.17, 15) is 10.1 Å². The van der Waals surface area contributed by atoms with Gasteiger partial charge in [-0.2, -0.15) is 0 Å². The molecule has 118 valence electrons. The molecule has 8 nitrogen and oxygen atoms in total. The average molecular weight is 332 g/mol. The van der Waals surface area contributed by atoms with Gasteiger partial charge < -0.3 is 19.3 Å². The van der Waals surface area contributed by atoms with E-state index < -0.39 is 10.5 Å². The van der Waals surface area contributed by atoms with E-state index in [2.05, 4.69) is 9.97 Å². The number of hydrogen-bond acceptors (Lipinski definition) is 7. The minimum Gasteiger partial charge on any atom is -0.437 e. The number of benzene rings is 1. The average Bonchev–Trinajstić information content (AvgIpc) is 3.15. The van der Waals surface area contributed by atoms with E-state index in [0.29, 0.717) is 17.5 Å². The molecule has 0 spiro atoms. The van der Waals surface area contributed by atoms with Crippen LogP contribution >= 0.6 is 11.8 Å². The zero-order chi connectivity index (χ0) is 16.0. The van der Waals surface area contributed by atoms with E-state index in [1.165, 1.54) is 18.0 Å². The van der Waals surface area contributed by atoms with Crippen LogP contribution in [0.5, 0.6) is 6.01 Å². The Kier molecular flexibility index (Phi) is 3.05. The van der Waals surface area contributed by atoms with Crippen LogP contribution in [0.3, 0.4) is 0 Å². The molecular formula is C14H12N4O4S. The topological polar surface area (TPSA) is 96.2 Å². The molecule has 1 aliphatic rings. The van der Waals surface area contributed by atoms with Crippen molar-refractivity contribution < 1.29 is 14.1 Å². The maximum atomic E-state index is 10.7. The molecule has 1 aromatic carbocycles. The molecule has 0 aliphatic carbocycles. The second-order valence-electron chi connectivity index (χ2n) is 5.55. The summed E-state index contributed by atoms with van der Waals surface area (Å²) in [6.07, 6.45) is 1.39. The van der Waals surface area contributed by atoms with Gasteiger partial charge in [-0.1, -0.05) is 23.9 Å². The molecule has 0 saturated heterocycles. The fourth-order valence-corrected chi connectivity index (χ4v) is 3.37. The molecule has 1 atom stereocenters. The molecular weight excluding hydrogens is 320 g/mol. The summed E-state index contributed by atoms with van der Waals surface area (Å²) < 4.78 is 13.1. The molecule has 0 amide bonds. The van der Waals surface area contributed by atoms with Gasteiger partial charge in [-0.25, -0.2) is 4.98 Å². The first kappa shape index (κ1) is 14.1. The molecule has 9 heteroatoms. The number of nitro groups is 1. The highest BCUT2D eigenvalue weighted by Crippen LogP contribution is 2.35. The van der Waals surface area contributed by atoms with Crippen molar-refractivity contribution in [2.75, 3.05) is 5.75 Å². The van der Waals surface area contributed by atoms with Crippen molar-refractivity contribution in [2.45, 2.75) is 24.3 Å². The summed E-state index contributed by atoms with van der Waals surface area (Å²) in [5.41, 5.74) is 1.05. The molecule has 3 aromatic rings. The predicted octanol–water partition coefficient (Wildman–Crippen LogP) is 2.88. The van der Waals surface area contributed by atoms with Crippen LogP contribution in [0.2, 0.25) is 0 Å². The maximum Gasteiger partial charge on any atom is 0.415 e. The summed E-state index contributed by atoms with van der Waals surface area (Å²) in [5, 5.41) is 11.3. The Labute approximate surface area is 134 Å². The minimum atomic E-state index is -0.529. The predicted molar refractivity (Wildman–Crippen MR) is 82.6 cm³/mol. The number of hydrogen-bond donors (Lipinski definition) is 0. The van der Waals surface area contributed by atoms with Crippen LogP contribution in [0.25, 0.3) is 11.1 Å². The lowest BCUT2D eigenvalue weighted by molar-refractivity contribution is -0.389. The molecule has 3 heterocycles. The van der Waals surface area contributed by atoms with Crippen LogP contribution in [0.4, 0.5) is 5.82 Å². The smallest absolute Gasteiger partial charge is 0.415 e. The number of fused-ring (bicyclic) bond motifs is 2. The third kappa shape index (κ3) is 2.52. The second kappa shape index (κ2) is 4.98. The highest BCUT2D eigenvalue weighted by Gasteiger charge is 2.40. The van der Waals surface area contributed by atoms with E-state index in [1.54, 1.807) is 4.57 Å². The number of nitrogens with zero attached hydrogens (tertiary/aromatic N) is 4. The van der Waals surface area contributed by atoms with Gasteiger partial charge in [-0.3, -0.25) is 4.57 Å². The zero-order valence-electron chi connectivity index (χ0n) is 12.1. The van der Waals surface area contributed by atoms with Gasteiger partial charge >= 0.3 is 11.8 Å². The molecule has 0 radical (unpaired) electrons. The normalized spacial score (nSPS) is 19.7. The summed E-state index contributed by atoms with van der Waals surface area (Å²) in [6, 6.07) is 7.85. The number of ether oxygens (including phenoxy) is 1. The second-order valence-corrected chi connectivity index (χ2v) is 6.48. The van der Waals surface area contributed by atoms with Gasteiger partial charge in [0.1, 0.15) is 17.3 Å². The number of imidazole rings is 1. The van der Waals surface area contributed by atoms with Crippen LogP contribution in [0.15, 0.2) is 40.1 Å². The van der Waals surface area contributed by atoms with Crippen LogP contribution in [0, 0.1) is 10.1 Å². The summed E-state index contributed by atoms with van der Waals surface area (Å²) in [4.78, 5) is 18.5. The van der Waals surface area contributed by atoms with Crippen molar-refractivity contribution in [1.82, 2.24) is 14.5 Å². The van der Waals surface area contributed by atoms with E-state index in [0.717, 1.165) is 11.1 Å². The fourth-order valence-electron chi connectivity index (χ4n) is 2.48. The Morgan fingerprint density at radius 3 is 3.00 bits per heavy atom. The van der Waals surface area contributed by atoms with Crippen molar-refractivity contribution in [3.8, 4) is 6.01 Å². The lowest BCUT2D eigenvalue weighted by atomic mass is 10.1. The number of oxazole rings is 1. The largest absolute Gasteiger partial charge is 0.437 e. The zero-order valence-corrected chi connectivity index (χ0v) is 12.9. The number of thioether (sulfide) groups is 1. The molecule has 4 rings (SSSR count). The summed E-state index contributed by atoms with van der Waals surface area (Å²) >= 11 is 1.45. The van der Waals surface area contributed by atoms with E-state index in [-0.39, 0.29) is 11.8 Å². The third-order valence-corrected chi connectivity index (χ3v) is 4.71. The van der Waals surface area contributed by atoms with Gasteiger partial charge in [-0.05, 0) is 24.0 Å². The number of para-hydroxylation sites is 2. The minimum absolute atomic E-state index is 0.200. The molecule has 2 aromatic heterocycles. The molecule has 23 heavy (non-hydrogen) atoms. The summed E-state index contributed by atoms with van der Waals surface area (Å²) in [5.74, 6) is 0.394. The Bertz CT molecular complexity index is 847. The third-order valence-electron chi connectivity index (χ3n) is 3.53. The fraction of sp³-hybridized carbons (Fsp3) is 0.286. The van der Waals surface area contributed by atoms with Gasteiger partial charge in [0.15, 0.2) is 5.58 Å². The van der Waals surface area contributed by atoms with Crippen molar-refractivity contribution in [3.05, 3.63) is 40.6 Å². The van der Waals surface area contributed by atoms with Crippen LogP contribution in [-0.2, 0) is 6.54 Å². The molecule has 0 saturated carbocycles. The molecule has 1 aliphatic heterocycles. The van der Waals surface area contributed by atoms with Crippen molar-refractivity contribution in [1.29, 1.82) is 0 Å². The quantitative estimate of drug-likeness (QED) is 0.412. The summed E-state index contributed by atoms with van der Waals surface area (Å²) in [6.45, 7) is 2.43. The van der Waals surface area contributed by atoms with Crippen molar-refractivity contribution in [2.24, 2.45) is 0 Å². The van der Waals surface area contributed by atoms with Gasteiger partial charge in [0.25, 0.3) is 5.22 Å². The SMILES string of the molecule is CC1(CSc2nc3ccccc3o2)Cn2cc([N+](=O)[O-])nc2O1. The van der Waals surface area contributed by atoms with E-state index in [1.807, 2.05) is 31.2 Å². The van der Waals surface area contributed by atoms with E-state index in [4.69, 9.17) is 9.15 Å². The molecule has 0 N–H and O–H groups in total. The van der Waals surface area contributed by atoms with Gasteiger partial charge in [0.2, 0.25) is 0 Å². The highest BCUT2D eigenvalue weighted by molar-refractivity contribution is 7.99. The van der Waals surface area contributed by atoms with Crippen LogP contribution < -0.4 is 4.74 Å². The lowest BCUT2D eigenvalue weighted by Gasteiger charge is -2.20. The Balaban J connectivity index is 1.46. The Hall–Kier alpha value is -2.55.